The van der Waals surface area contributed by atoms with Crippen molar-refractivity contribution in [2.75, 3.05) is 20.1 Å². The number of hydrogen-bond acceptors (Lipinski definition) is 5. The predicted octanol–water partition coefficient (Wildman–Crippen LogP) is 4.22. The van der Waals surface area contributed by atoms with Crippen LogP contribution in [0.3, 0.4) is 0 Å². The Bertz CT molecular complexity index is 1010. The van der Waals surface area contributed by atoms with Crippen molar-refractivity contribution in [2.24, 2.45) is 5.92 Å². The molecule has 1 fully saturated rings. The number of rotatable bonds is 6. The minimum atomic E-state index is 0.00342. The predicted molar refractivity (Wildman–Crippen MR) is 120 cm³/mol. The van der Waals surface area contributed by atoms with E-state index in [-0.39, 0.29) is 11.8 Å². The SMILES string of the molecule is Cc1ccc(CN(C)C(=O)C2CCCN(Cc3nc(-c4ccc(C)cc4)no3)C2)cc1. The molecule has 4 rings (SSSR count). The maximum absolute atomic E-state index is 13.0. The van der Waals surface area contributed by atoms with Crippen LogP contribution in [0.5, 0.6) is 0 Å². The summed E-state index contributed by atoms with van der Waals surface area (Å²) in [4.78, 5) is 21.7. The second-order valence-corrected chi connectivity index (χ2v) is 8.63. The first kappa shape index (κ1) is 21.2. The van der Waals surface area contributed by atoms with Crippen molar-refractivity contribution < 1.29 is 9.32 Å². The largest absolute Gasteiger partial charge is 0.341 e. The van der Waals surface area contributed by atoms with E-state index in [2.05, 4.69) is 53.2 Å². The number of piperidine rings is 1. The molecule has 1 aliphatic heterocycles. The summed E-state index contributed by atoms with van der Waals surface area (Å²) in [7, 11) is 1.90. The third kappa shape index (κ3) is 5.39. The van der Waals surface area contributed by atoms with Gasteiger partial charge in [0.2, 0.25) is 17.6 Å². The number of aromatic nitrogens is 2. The fourth-order valence-corrected chi connectivity index (χ4v) is 4.09. The zero-order valence-corrected chi connectivity index (χ0v) is 18.5. The van der Waals surface area contributed by atoms with E-state index in [1.54, 1.807) is 0 Å². The molecule has 6 nitrogen and oxygen atoms in total. The van der Waals surface area contributed by atoms with Crippen LogP contribution in [0, 0.1) is 19.8 Å². The standard InChI is InChI=1S/C25H30N4O2/c1-18-6-10-20(11-7-18)15-28(3)25(30)22-5-4-14-29(16-22)17-23-26-24(27-31-23)21-12-8-19(2)9-13-21/h6-13,22H,4-5,14-17H2,1-3H3. The second kappa shape index (κ2) is 9.43. The van der Waals surface area contributed by atoms with Gasteiger partial charge in [0.25, 0.3) is 0 Å². The van der Waals surface area contributed by atoms with Crippen molar-refractivity contribution in [3.63, 3.8) is 0 Å². The van der Waals surface area contributed by atoms with Crippen LogP contribution in [0.1, 0.15) is 35.4 Å². The van der Waals surface area contributed by atoms with Crippen molar-refractivity contribution in [3.8, 4) is 11.4 Å². The van der Waals surface area contributed by atoms with E-state index in [1.807, 2.05) is 36.2 Å². The molecular weight excluding hydrogens is 388 g/mol. The summed E-state index contributed by atoms with van der Waals surface area (Å²) in [5.41, 5.74) is 4.53. The monoisotopic (exact) mass is 418 g/mol. The Kier molecular flexibility index (Phi) is 6.47. The van der Waals surface area contributed by atoms with E-state index in [9.17, 15) is 4.79 Å². The Labute approximate surface area is 183 Å². The lowest BCUT2D eigenvalue weighted by Gasteiger charge is -2.33. The first-order chi connectivity index (χ1) is 15.0. The van der Waals surface area contributed by atoms with E-state index in [1.165, 1.54) is 11.1 Å². The van der Waals surface area contributed by atoms with Crippen LogP contribution in [-0.4, -0.2) is 46.0 Å². The normalized spacial score (nSPS) is 16.9. The van der Waals surface area contributed by atoms with Gasteiger partial charge in [-0.1, -0.05) is 64.8 Å². The molecule has 0 saturated carbocycles. The lowest BCUT2D eigenvalue weighted by molar-refractivity contribution is -0.136. The molecule has 0 N–H and O–H groups in total. The highest BCUT2D eigenvalue weighted by Crippen LogP contribution is 2.22. The van der Waals surface area contributed by atoms with Crippen LogP contribution in [0.4, 0.5) is 0 Å². The molecule has 31 heavy (non-hydrogen) atoms. The van der Waals surface area contributed by atoms with Crippen LogP contribution in [-0.2, 0) is 17.9 Å². The third-order valence-electron chi connectivity index (χ3n) is 5.91. The second-order valence-electron chi connectivity index (χ2n) is 8.63. The van der Waals surface area contributed by atoms with Crippen molar-refractivity contribution in [1.82, 2.24) is 19.9 Å². The zero-order valence-electron chi connectivity index (χ0n) is 18.5. The molecular formula is C25H30N4O2. The highest BCUT2D eigenvalue weighted by molar-refractivity contribution is 5.79. The Hall–Kier alpha value is -2.99. The molecule has 1 aliphatic rings. The summed E-state index contributed by atoms with van der Waals surface area (Å²) in [5.74, 6) is 1.41. The minimum absolute atomic E-state index is 0.00342. The van der Waals surface area contributed by atoms with E-state index in [4.69, 9.17) is 4.52 Å². The third-order valence-corrected chi connectivity index (χ3v) is 5.91. The summed E-state index contributed by atoms with van der Waals surface area (Å²) in [5, 5.41) is 4.13. The molecule has 1 amide bonds. The summed E-state index contributed by atoms with van der Waals surface area (Å²) < 4.78 is 5.49. The molecule has 6 heteroatoms. The molecule has 3 aromatic rings. The van der Waals surface area contributed by atoms with E-state index in [0.717, 1.165) is 37.1 Å². The molecule has 1 aromatic heterocycles. The highest BCUT2D eigenvalue weighted by Gasteiger charge is 2.29. The molecule has 0 spiro atoms. The van der Waals surface area contributed by atoms with E-state index in [0.29, 0.717) is 24.8 Å². The Morgan fingerprint density at radius 1 is 1.10 bits per heavy atom. The number of amides is 1. The van der Waals surface area contributed by atoms with Gasteiger partial charge in [-0.25, -0.2) is 0 Å². The average molecular weight is 419 g/mol. The van der Waals surface area contributed by atoms with E-state index >= 15 is 0 Å². The zero-order chi connectivity index (χ0) is 21.8. The fourth-order valence-electron chi connectivity index (χ4n) is 4.09. The van der Waals surface area contributed by atoms with Crippen LogP contribution >= 0.6 is 0 Å². The lowest BCUT2D eigenvalue weighted by Crippen LogP contribution is -2.43. The quantitative estimate of drug-likeness (QED) is 0.600. The number of aryl methyl sites for hydroxylation is 2. The smallest absolute Gasteiger partial charge is 0.241 e. The Morgan fingerprint density at radius 3 is 2.48 bits per heavy atom. The molecule has 1 saturated heterocycles. The minimum Gasteiger partial charge on any atom is -0.341 e. The number of nitrogens with zero attached hydrogens (tertiary/aromatic N) is 4. The topological polar surface area (TPSA) is 62.5 Å². The van der Waals surface area contributed by atoms with Crippen molar-refractivity contribution in [2.45, 2.75) is 39.8 Å². The van der Waals surface area contributed by atoms with Crippen molar-refractivity contribution in [1.29, 1.82) is 0 Å². The number of benzene rings is 2. The van der Waals surface area contributed by atoms with Crippen LogP contribution in [0.25, 0.3) is 11.4 Å². The number of carbonyl (C=O) groups is 1. The Balaban J connectivity index is 1.34. The molecule has 162 valence electrons. The lowest BCUT2D eigenvalue weighted by atomic mass is 9.96. The van der Waals surface area contributed by atoms with Gasteiger partial charge in [-0.3, -0.25) is 9.69 Å². The molecule has 1 unspecified atom stereocenters. The summed E-state index contributed by atoms with van der Waals surface area (Å²) in [6, 6.07) is 16.4. The molecule has 2 heterocycles. The van der Waals surface area contributed by atoms with Gasteiger partial charge in [-0.05, 0) is 38.8 Å². The maximum Gasteiger partial charge on any atom is 0.241 e. The molecule has 1 atom stereocenters. The first-order valence-electron chi connectivity index (χ1n) is 10.9. The maximum atomic E-state index is 13.0. The van der Waals surface area contributed by atoms with Gasteiger partial charge in [-0.2, -0.15) is 4.98 Å². The molecule has 0 bridgehead atoms. The van der Waals surface area contributed by atoms with Gasteiger partial charge >= 0.3 is 0 Å². The molecule has 0 radical (unpaired) electrons. The van der Waals surface area contributed by atoms with Gasteiger partial charge in [0.05, 0.1) is 12.5 Å². The average Bonchev–Trinajstić information content (AvgIpc) is 3.24. The van der Waals surface area contributed by atoms with Crippen LogP contribution in [0.15, 0.2) is 53.1 Å². The number of carbonyl (C=O) groups excluding carboxylic acids is 1. The van der Waals surface area contributed by atoms with Gasteiger partial charge in [0, 0.05) is 25.7 Å². The van der Waals surface area contributed by atoms with Gasteiger partial charge in [0.15, 0.2) is 0 Å². The van der Waals surface area contributed by atoms with Crippen molar-refractivity contribution >= 4 is 5.91 Å². The number of hydrogen-bond donors (Lipinski definition) is 0. The van der Waals surface area contributed by atoms with Crippen LogP contribution in [0.2, 0.25) is 0 Å². The van der Waals surface area contributed by atoms with Gasteiger partial charge in [-0.15, -0.1) is 0 Å². The summed E-state index contributed by atoms with van der Waals surface area (Å²) in [6.07, 6.45) is 1.92. The Morgan fingerprint density at radius 2 is 1.77 bits per heavy atom. The van der Waals surface area contributed by atoms with Crippen LogP contribution < -0.4 is 0 Å². The van der Waals surface area contributed by atoms with Gasteiger partial charge in [0.1, 0.15) is 0 Å². The van der Waals surface area contributed by atoms with Gasteiger partial charge < -0.3 is 9.42 Å². The molecule has 0 aliphatic carbocycles. The fraction of sp³-hybridized carbons (Fsp3) is 0.400. The summed E-state index contributed by atoms with van der Waals surface area (Å²) in [6.45, 7) is 7.00. The highest BCUT2D eigenvalue weighted by atomic mass is 16.5. The first-order valence-corrected chi connectivity index (χ1v) is 10.9. The van der Waals surface area contributed by atoms with Crippen molar-refractivity contribution in [3.05, 3.63) is 71.1 Å². The van der Waals surface area contributed by atoms with E-state index < -0.39 is 0 Å². The number of likely N-dealkylation sites (tertiary alicyclic amines) is 1. The molecule has 2 aromatic carbocycles. The summed E-state index contributed by atoms with van der Waals surface area (Å²) >= 11 is 0.